The number of nitrogens with zero attached hydrogens (tertiary/aromatic N) is 1. The topological polar surface area (TPSA) is 40.2 Å². The minimum absolute atomic E-state index is 0.0151. The molecule has 108 valence electrons. The summed E-state index contributed by atoms with van der Waals surface area (Å²) in [5.74, 6) is 0. The van der Waals surface area contributed by atoms with E-state index in [4.69, 9.17) is 18.9 Å². The molecule has 1 unspecified atom stereocenters. The van der Waals surface area contributed by atoms with Crippen molar-refractivity contribution in [3.8, 4) is 0 Å². The highest BCUT2D eigenvalue weighted by Crippen LogP contribution is 2.13. The van der Waals surface area contributed by atoms with Gasteiger partial charge in [0.05, 0.1) is 33.0 Å². The molecule has 0 spiro atoms. The van der Waals surface area contributed by atoms with E-state index in [0.717, 1.165) is 32.6 Å². The summed E-state index contributed by atoms with van der Waals surface area (Å²) in [6.07, 6.45) is 3.35. The van der Waals surface area contributed by atoms with Gasteiger partial charge >= 0.3 is 0 Å². The van der Waals surface area contributed by atoms with Gasteiger partial charge < -0.3 is 23.8 Å². The second-order valence-electron chi connectivity index (χ2n) is 4.69. The molecular weight excluding hydrogens is 234 g/mol. The molecule has 5 heteroatoms. The van der Waals surface area contributed by atoms with Crippen LogP contribution in [0, 0.1) is 0 Å². The molecule has 1 heterocycles. The number of likely N-dealkylation sites (N-methyl/N-ethyl adjacent to an activating group) is 1. The second-order valence-corrected chi connectivity index (χ2v) is 4.69. The van der Waals surface area contributed by atoms with E-state index < -0.39 is 0 Å². The van der Waals surface area contributed by atoms with Gasteiger partial charge in [-0.3, -0.25) is 0 Å². The van der Waals surface area contributed by atoms with E-state index in [1.807, 2.05) is 14.1 Å². The summed E-state index contributed by atoms with van der Waals surface area (Å²) < 4.78 is 21.8. The van der Waals surface area contributed by atoms with Crippen molar-refractivity contribution in [1.29, 1.82) is 0 Å². The SMILES string of the molecule is CN(C)CCOCCOCCOC1CCCCO1. The predicted octanol–water partition coefficient (Wildman–Crippen LogP) is 1.12. The van der Waals surface area contributed by atoms with Crippen LogP contribution in [-0.4, -0.2) is 71.5 Å². The zero-order valence-corrected chi connectivity index (χ0v) is 11.7. The van der Waals surface area contributed by atoms with E-state index in [0.29, 0.717) is 26.4 Å². The molecule has 0 N–H and O–H groups in total. The van der Waals surface area contributed by atoms with Crippen LogP contribution in [0.4, 0.5) is 0 Å². The molecule has 0 amide bonds. The Bertz CT molecular complexity index is 184. The molecule has 0 aromatic carbocycles. The van der Waals surface area contributed by atoms with Crippen molar-refractivity contribution < 1.29 is 18.9 Å². The van der Waals surface area contributed by atoms with Crippen molar-refractivity contribution in [3.05, 3.63) is 0 Å². The smallest absolute Gasteiger partial charge is 0.157 e. The van der Waals surface area contributed by atoms with Gasteiger partial charge in [0, 0.05) is 13.2 Å². The van der Waals surface area contributed by atoms with E-state index in [9.17, 15) is 0 Å². The van der Waals surface area contributed by atoms with Crippen LogP contribution in [0.5, 0.6) is 0 Å². The molecule has 5 nitrogen and oxygen atoms in total. The maximum atomic E-state index is 5.55. The number of hydrogen-bond donors (Lipinski definition) is 0. The van der Waals surface area contributed by atoms with Crippen molar-refractivity contribution in [2.75, 3.05) is 60.3 Å². The molecule has 1 atom stereocenters. The predicted molar refractivity (Wildman–Crippen MR) is 69.7 cm³/mol. The lowest BCUT2D eigenvalue weighted by molar-refractivity contribution is -0.169. The standard InChI is InChI=1S/C13H27NO4/c1-14(2)6-8-15-9-10-16-11-12-18-13-5-3-4-7-17-13/h13H,3-12H2,1-2H3. The third-order valence-electron chi connectivity index (χ3n) is 2.72. The fraction of sp³-hybridized carbons (Fsp3) is 1.00. The van der Waals surface area contributed by atoms with Crippen LogP contribution in [0.2, 0.25) is 0 Å². The van der Waals surface area contributed by atoms with Crippen molar-refractivity contribution in [1.82, 2.24) is 4.90 Å². The van der Waals surface area contributed by atoms with Gasteiger partial charge in [0.2, 0.25) is 0 Å². The highest BCUT2D eigenvalue weighted by Gasteiger charge is 2.13. The fourth-order valence-electron chi connectivity index (χ4n) is 1.65. The molecule has 1 rings (SSSR count). The summed E-state index contributed by atoms with van der Waals surface area (Å²) in [4.78, 5) is 2.10. The third kappa shape index (κ3) is 8.83. The molecule has 1 aliphatic heterocycles. The Labute approximate surface area is 110 Å². The van der Waals surface area contributed by atoms with Crippen LogP contribution in [0.25, 0.3) is 0 Å². The molecule has 0 aliphatic carbocycles. The summed E-state index contributed by atoms with van der Waals surface area (Å²) in [6, 6.07) is 0. The van der Waals surface area contributed by atoms with Gasteiger partial charge in [0.1, 0.15) is 0 Å². The summed E-state index contributed by atoms with van der Waals surface area (Å²) in [5.41, 5.74) is 0. The van der Waals surface area contributed by atoms with Crippen LogP contribution >= 0.6 is 0 Å². The van der Waals surface area contributed by atoms with Gasteiger partial charge in [-0.1, -0.05) is 0 Å². The summed E-state index contributed by atoms with van der Waals surface area (Å²) in [7, 11) is 4.06. The first-order valence-electron chi connectivity index (χ1n) is 6.82. The van der Waals surface area contributed by atoms with Gasteiger partial charge in [-0.05, 0) is 33.4 Å². The van der Waals surface area contributed by atoms with Crippen molar-refractivity contribution in [3.63, 3.8) is 0 Å². The molecule has 0 bridgehead atoms. The lowest BCUT2D eigenvalue weighted by atomic mass is 10.2. The van der Waals surface area contributed by atoms with Gasteiger partial charge in [-0.2, -0.15) is 0 Å². The first-order valence-corrected chi connectivity index (χ1v) is 6.82. The van der Waals surface area contributed by atoms with E-state index in [2.05, 4.69) is 4.90 Å². The van der Waals surface area contributed by atoms with Gasteiger partial charge in [0.15, 0.2) is 6.29 Å². The quantitative estimate of drug-likeness (QED) is 0.551. The number of ether oxygens (including phenoxy) is 4. The molecule has 0 saturated carbocycles. The molecule has 1 aliphatic rings. The van der Waals surface area contributed by atoms with Gasteiger partial charge in [-0.15, -0.1) is 0 Å². The van der Waals surface area contributed by atoms with E-state index in [-0.39, 0.29) is 6.29 Å². The molecule has 18 heavy (non-hydrogen) atoms. The van der Waals surface area contributed by atoms with Crippen molar-refractivity contribution in [2.24, 2.45) is 0 Å². The van der Waals surface area contributed by atoms with Crippen LogP contribution in [0.3, 0.4) is 0 Å². The van der Waals surface area contributed by atoms with Crippen LogP contribution < -0.4 is 0 Å². The maximum absolute atomic E-state index is 5.55. The van der Waals surface area contributed by atoms with Gasteiger partial charge in [0.25, 0.3) is 0 Å². The van der Waals surface area contributed by atoms with Gasteiger partial charge in [-0.25, -0.2) is 0 Å². The fourth-order valence-corrected chi connectivity index (χ4v) is 1.65. The largest absolute Gasteiger partial charge is 0.378 e. The third-order valence-corrected chi connectivity index (χ3v) is 2.72. The Morgan fingerprint density at radius 2 is 1.72 bits per heavy atom. The van der Waals surface area contributed by atoms with Crippen LogP contribution in [0.1, 0.15) is 19.3 Å². The van der Waals surface area contributed by atoms with E-state index >= 15 is 0 Å². The summed E-state index contributed by atoms with van der Waals surface area (Å²) >= 11 is 0. The molecule has 0 aromatic heterocycles. The summed E-state index contributed by atoms with van der Waals surface area (Å²) in [6.45, 7) is 5.01. The highest BCUT2D eigenvalue weighted by atomic mass is 16.7. The molecule has 0 radical (unpaired) electrons. The lowest BCUT2D eigenvalue weighted by Crippen LogP contribution is -2.24. The molecule has 1 saturated heterocycles. The Hall–Kier alpha value is -0.200. The molecule has 1 fully saturated rings. The minimum atomic E-state index is -0.0151. The van der Waals surface area contributed by atoms with Crippen molar-refractivity contribution in [2.45, 2.75) is 25.6 Å². The summed E-state index contributed by atoms with van der Waals surface area (Å²) in [5, 5.41) is 0. The minimum Gasteiger partial charge on any atom is -0.378 e. The zero-order chi connectivity index (χ0) is 13.1. The monoisotopic (exact) mass is 261 g/mol. The van der Waals surface area contributed by atoms with E-state index in [1.54, 1.807) is 0 Å². The first-order chi connectivity index (χ1) is 8.79. The zero-order valence-electron chi connectivity index (χ0n) is 11.7. The Balaban J connectivity index is 1.75. The van der Waals surface area contributed by atoms with Crippen LogP contribution in [0.15, 0.2) is 0 Å². The number of hydrogen-bond acceptors (Lipinski definition) is 5. The average molecular weight is 261 g/mol. The van der Waals surface area contributed by atoms with Crippen LogP contribution in [-0.2, 0) is 18.9 Å². The lowest BCUT2D eigenvalue weighted by Gasteiger charge is -2.22. The normalized spacial score (nSPS) is 20.5. The number of rotatable bonds is 10. The first kappa shape index (κ1) is 15.9. The Morgan fingerprint density at radius 3 is 2.39 bits per heavy atom. The maximum Gasteiger partial charge on any atom is 0.157 e. The Morgan fingerprint density at radius 1 is 1.00 bits per heavy atom. The molecule has 0 aromatic rings. The van der Waals surface area contributed by atoms with Crippen molar-refractivity contribution >= 4 is 0 Å². The average Bonchev–Trinajstić information content (AvgIpc) is 2.37. The molecular formula is C13H27NO4. The second kappa shape index (κ2) is 10.7. The highest BCUT2D eigenvalue weighted by molar-refractivity contribution is 4.53. The van der Waals surface area contributed by atoms with E-state index in [1.165, 1.54) is 6.42 Å². The Kier molecular flexibility index (Phi) is 9.42.